The maximum absolute atomic E-state index is 8.45. The van der Waals surface area contributed by atoms with Crippen molar-refractivity contribution in [3.63, 3.8) is 0 Å². The van der Waals surface area contributed by atoms with Crippen LogP contribution in [0.1, 0.15) is 107 Å². The van der Waals surface area contributed by atoms with Crippen LogP contribution in [0.5, 0.6) is 0 Å². The molecule has 0 spiro atoms. The Morgan fingerprint density at radius 3 is 1.08 bits per heavy atom. The molecule has 1 saturated heterocycles. The topological polar surface area (TPSA) is 29.5 Å². The highest BCUT2D eigenvalue weighted by atomic mass is 16.5. The van der Waals surface area contributed by atoms with Crippen LogP contribution < -0.4 is 0 Å². The van der Waals surface area contributed by atoms with Crippen molar-refractivity contribution >= 4 is 0 Å². The van der Waals surface area contributed by atoms with Crippen LogP contribution in [-0.4, -0.2) is 24.4 Å². The van der Waals surface area contributed by atoms with E-state index in [0.717, 1.165) is 55.6 Å². The molecular weight excluding hydrogens is 320 g/mol. The minimum atomic E-state index is 0.0648. The standard InChI is InChI=1S/C8H16.2C4H8O.2C4H10/c1-7(2)8-5-3-4-6-8;1-4-2-5-3-4;5-4-2-1-3-4;2*1-4(2)3/h7-8H,3-6H2,1-2H3;4H,2-3H2,1H3;4-5H,1-3H2;2*4H,1-3H3. The SMILES string of the molecule is CC(C)C.CC(C)C.CC(C)C1CCCC1.CC1COC1.OC1CCC1. The Morgan fingerprint density at radius 1 is 0.692 bits per heavy atom. The largest absolute Gasteiger partial charge is 0.393 e. The van der Waals surface area contributed by atoms with Crippen molar-refractivity contribution in [3.8, 4) is 0 Å². The Bertz CT molecular complexity index is 236. The molecule has 0 aromatic heterocycles. The fourth-order valence-electron chi connectivity index (χ4n) is 2.36. The van der Waals surface area contributed by atoms with Crippen molar-refractivity contribution in [2.24, 2.45) is 29.6 Å². The number of aliphatic hydroxyl groups is 1. The summed E-state index contributed by atoms with van der Waals surface area (Å²) in [6.45, 7) is 21.8. The molecule has 2 saturated carbocycles. The normalized spacial score (nSPS) is 19.7. The van der Waals surface area contributed by atoms with Crippen LogP contribution in [0.15, 0.2) is 0 Å². The molecule has 160 valence electrons. The van der Waals surface area contributed by atoms with Gasteiger partial charge in [-0.15, -0.1) is 0 Å². The Kier molecular flexibility index (Phi) is 19.8. The molecule has 0 bridgehead atoms. The van der Waals surface area contributed by atoms with Crippen molar-refractivity contribution in [1.29, 1.82) is 0 Å². The van der Waals surface area contributed by atoms with Gasteiger partial charge in [0.15, 0.2) is 0 Å². The summed E-state index contributed by atoms with van der Waals surface area (Å²) in [4.78, 5) is 0. The van der Waals surface area contributed by atoms with Gasteiger partial charge in [-0.2, -0.15) is 0 Å². The smallest absolute Gasteiger partial charge is 0.0540 e. The molecule has 1 heterocycles. The summed E-state index contributed by atoms with van der Waals surface area (Å²) < 4.78 is 4.83. The van der Waals surface area contributed by atoms with E-state index < -0.39 is 0 Å². The van der Waals surface area contributed by atoms with Crippen LogP contribution in [0.25, 0.3) is 0 Å². The molecule has 0 unspecified atom stereocenters. The second kappa shape index (κ2) is 18.3. The predicted molar refractivity (Wildman–Crippen MR) is 118 cm³/mol. The summed E-state index contributed by atoms with van der Waals surface area (Å²) in [5, 5.41) is 8.45. The van der Waals surface area contributed by atoms with Gasteiger partial charge in [0.1, 0.15) is 0 Å². The first-order valence-corrected chi connectivity index (χ1v) is 11.3. The molecule has 1 N–H and O–H groups in total. The lowest BCUT2D eigenvalue weighted by molar-refractivity contribution is -0.0221. The third-order valence-corrected chi connectivity index (χ3v) is 4.22. The molecule has 0 aromatic carbocycles. The van der Waals surface area contributed by atoms with Crippen molar-refractivity contribution < 1.29 is 9.84 Å². The summed E-state index contributed by atoms with van der Waals surface area (Å²) in [5.74, 6) is 4.52. The predicted octanol–water partition coefficient (Wildman–Crippen LogP) is 7.34. The van der Waals surface area contributed by atoms with Gasteiger partial charge in [0.2, 0.25) is 0 Å². The molecule has 0 radical (unpaired) electrons. The van der Waals surface area contributed by atoms with Gasteiger partial charge < -0.3 is 9.84 Å². The average molecular weight is 373 g/mol. The van der Waals surface area contributed by atoms with Crippen LogP contribution in [0.2, 0.25) is 0 Å². The minimum absolute atomic E-state index is 0.0648. The van der Waals surface area contributed by atoms with Crippen LogP contribution in [-0.2, 0) is 4.74 Å². The van der Waals surface area contributed by atoms with E-state index in [9.17, 15) is 0 Å². The third kappa shape index (κ3) is 23.9. The van der Waals surface area contributed by atoms with Crippen molar-refractivity contribution in [2.75, 3.05) is 13.2 Å². The lowest BCUT2D eigenvalue weighted by atomic mass is 9.95. The fourth-order valence-corrected chi connectivity index (χ4v) is 2.36. The minimum Gasteiger partial charge on any atom is -0.393 e. The van der Waals surface area contributed by atoms with Crippen molar-refractivity contribution in [1.82, 2.24) is 0 Å². The fraction of sp³-hybridized carbons (Fsp3) is 1.00. The van der Waals surface area contributed by atoms with Gasteiger partial charge in [-0.1, -0.05) is 88.0 Å². The molecule has 2 heteroatoms. The highest BCUT2D eigenvalue weighted by Gasteiger charge is 2.17. The lowest BCUT2D eigenvalue weighted by Gasteiger charge is -2.20. The lowest BCUT2D eigenvalue weighted by Crippen LogP contribution is -2.23. The van der Waals surface area contributed by atoms with E-state index in [4.69, 9.17) is 9.84 Å². The van der Waals surface area contributed by atoms with Gasteiger partial charge in [-0.3, -0.25) is 0 Å². The number of ether oxygens (including phenoxy) is 1. The van der Waals surface area contributed by atoms with Gasteiger partial charge in [0.25, 0.3) is 0 Å². The Morgan fingerprint density at radius 2 is 1.00 bits per heavy atom. The van der Waals surface area contributed by atoms with Gasteiger partial charge >= 0.3 is 0 Å². The molecule has 0 aromatic rings. The van der Waals surface area contributed by atoms with Crippen LogP contribution in [0.3, 0.4) is 0 Å². The molecule has 26 heavy (non-hydrogen) atoms. The first kappa shape index (κ1) is 28.1. The van der Waals surface area contributed by atoms with Gasteiger partial charge in [-0.05, 0) is 42.9 Å². The summed E-state index contributed by atoms with van der Waals surface area (Å²) in [6.07, 6.45) is 9.36. The maximum atomic E-state index is 8.45. The monoisotopic (exact) mass is 372 g/mol. The molecule has 1 aliphatic heterocycles. The quantitative estimate of drug-likeness (QED) is 0.521. The van der Waals surface area contributed by atoms with Crippen molar-refractivity contribution in [3.05, 3.63) is 0 Å². The second-order valence-corrected chi connectivity index (χ2v) is 9.98. The van der Waals surface area contributed by atoms with E-state index in [-0.39, 0.29) is 6.10 Å². The van der Waals surface area contributed by atoms with E-state index in [1.807, 2.05) is 0 Å². The highest BCUT2D eigenvalue weighted by molar-refractivity contribution is 4.69. The first-order valence-electron chi connectivity index (χ1n) is 11.3. The van der Waals surface area contributed by atoms with Crippen LogP contribution in [0, 0.1) is 29.6 Å². The highest BCUT2D eigenvalue weighted by Crippen LogP contribution is 2.30. The van der Waals surface area contributed by atoms with E-state index in [1.54, 1.807) is 0 Å². The molecule has 3 fully saturated rings. The van der Waals surface area contributed by atoms with Crippen molar-refractivity contribution in [2.45, 2.75) is 113 Å². The molecular formula is C24H52O2. The zero-order valence-corrected chi connectivity index (χ0v) is 19.7. The number of hydrogen-bond donors (Lipinski definition) is 1. The molecule has 2 aliphatic carbocycles. The van der Waals surface area contributed by atoms with E-state index in [0.29, 0.717) is 0 Å². The maximum Gasteiger partial charge on any atom is 0.0540 e. The van der Waals surface area contributed by atoms with Gasteiger partial charge in [0, 0.05) is 5.92 Å². The average Bonchev–Trinajstić information content (AvgIpc) is 2.97. The molecule has 3 rings (SSSR count). The zero-order chi connectivity index (χ0) is 20.5. The zero-order valence-electron chi connectivity index (χ0n) is 19.7. The number of aliphatic hydroxyl groups excluding tert-OH is 1. The van der Waals surface area contributed by atoms with E-state index in [2.05, 4.69) is 62.3 Å². The first-order chi connectivity index (χ1) is 12.1. The Labute approximate surface area is 166 Å². The molecule has 0 atom stereocenters. The Hall–Kier alpha value is -0.0800. The molecule has 0 amide bonds. The van der Waals surface area contributed by atoms with Gasteiger partial charge in [0.05, 0.1) is 19.3 Å². The van der Waals surface area contributed by atoms with Gasteiger partial charge in [-0.25, -0.2) is 0 Å². The Balaban J connectivity index is 0. The van der Waals surface area contributed by atoms with E-state index in [1.165, 1.54) is 32.1 Å². The number of rotatable bonds is 1. The third-order valence-electron chi connectivity index (χ3n) is 4.22. The summed E-state index contributed by atoms with van der Waals surface area (Å²) >= 11 is 0. The second-order valence-electron chi connectivity index (χ2n) is 9.98. The number of hydrogen-bond acceptors (Lipinski definition) is 2. The van der Waals surface area contributed by atoms with Crippen LogP contribution >= 0.6 is 0 Å². The summed E-state index contributed by atoms with van der Waals surface area (Å²) in [7, 11) is 0. The summed E-state index contributed by atoms with van der Waals surface area (Å²) in [6, 6.07) is 0. The molecule has 3 aliphatic rings. The van der Waals surface area contributed by atoms with Crippen LogP contribution in [0.4, 0.5) is 0 Å². The molecule has 2 nitrogen and oxygen atoms in total. The summed E-state index contributed by atoms with van der Waals surface area (Å²) in [5.41, 5.74) is 0. The van der Waals surface area contributed by atoms with E-state index >= 15 is 0 Å².